The minimum absolute atomic E-state index is 0.693. The maximum Gasteiger partial charge on any atom is 0.0931 e. The van der Waals surface area contributed by atoms with Crippen LogP contribution in [-0.2, 0) is 6.54 Å². The fraction of sp³-hybridized carbons (Fsp3) is 0.636. The molecule has 0 amide bonds. The van der Waals surface area contributed by atoms with Crippen LogP contribution in [0.3, 0.4) is 0 Å². The summed E-state index contributed by atoms with van der Waals surface area (Å²) in [4.78, 5) is 1.32. The summed E-state index contributed by atoms with van der Waals surface area (Å²) >= 11 is 9.58. The number of thiophene rings is 1. The molecule has 0 radical (unpaired) electrons. The first-order valence-electron chi connectivity index (χ1n) is 5.60. The van der Waals surface area contributed by atoms with E-state index in [1.165, 1.54) is 22.8 Å². The molecule has 2 rings (SSSR count). The average molecular weight is 277 g/mol. The predicted octanol–water partition coefficient (Wildman–Crippen LogP) is 2.59. The fourth-order valence-electron chi connectivity index (χ4n) is 1.74. The van der Waals surface area contributed by atoms with Gasteiger partial charge in [-0.2, -0.15) is 11.8 Å². The van der Waals surface area contributed by atoms with E-state index < -0.39 is 0 Å². The van der Waals surface area contributed by atoms with Gasteiger partial charge in [0.25, 0.3) is 0 Å². The van der Waals surface area contributed by atoms with E-state index in [0.29, 0.717) is 6.04 Å². The minimum atomic E-state index is 0.693. The van der Waals surface area contributed by atoms with E-state index >= 15 is 0 Å². The van der Waals surface area contributed by atoms with Crippen LogP contribution in [0.25, 0.3) is 0 Å². The van der Waals surface area contributed by atoms with Gasteiger partial charge in [-0.3, -0.25) is 0 Å². The third-order valence-electron chi connectivity index (χ3n) is 2.60. The van der Waals surface area contributed by atoms with E-state index in [-0.39, 0.29) is 0 Å². The largest absolute Gasteiger partial charge is 0.312 e. The highest BCUT2D eigenvalue weighted by Gasteiger charge is 2.11. The summed E-state index contributed by atoms with van der Waals surface area (Å²) in [6.45, 7) is 3.18. The Morgan fingerprint density at radius 1 is 1.50 bits per heavy atom. The van der Waals surface area contributed by atoms with Crippen molar-refractivity contribution in [2.75, 3.05) is 24.6 Å². The molecule has 16 heavy (non-hydrogen) atoms. The molecular weight excluding hydrogens is 260 g/mol. The molecule has 1 atom stereocenters. The van der Waals surface area contributed by atoms with Gasteiger partial charge in [-0.25, -0.2) is 0 Å². The second kappa shape index (κ2) is 6.87. The van der Waals surface area contributed by atoms with Crippen LogP contribution in [-0.4, -0.2) is 30.6 Å². The molecule has 0 aliphatic carbocycles. The molecule has 0 bridgehead atoms. The lowest BCUT2D eigenvalue weighted by molar-refractivity contribution is 0.504. The van der Waals surface area contributed by atoms with Gasteiger partial charge in [-0.1, -0.05) is 11.6 Å². The number of hydrogen-bond acceptors (Lipinski definition) is 4. The normalized spacial score (nSPS) is 21.2. The number of nitrogens with one attached hydrogen (secondary N) is 2. The number of rotatable bonds is 5. The Kier molecular flexibility index (Phi) is 5.45. The third-order valence-corrected chi connectivity index (χ3v) is 4.96. The Hall–Kier alpha value is 0.260. The predicted molar refractivity (Wildman–Crippen MR) is 74.8 cm³/mol. The van der Waals surface area contributed by atoms with Crippen LogP contribution >= 0.6 is 34.7 Å². The zero-order chi connectivity index (χ0) is 11.2. The van der Waals surface area contributed by atoms with Crippen LogP contribution < -0.4 is 10.6 Å². The van der Waals surface area contributed by atoms with Gasteiger partial charge in [-0.05, 0) is 25.1 Å². The van der Waals surface area contributed by atoms with Crippen LogP contribution in [0.5, 0.6) is 0 Å². The Morgan fingerprint density at radius 3 is 3.12 bits per heavy atom. The molecule has 1 saturated heterocycles. The summed E-state index contributed by atoms with van der Waals surface area (Å²) in [7, 11) is 0. The summed E-state index contributed by atoms with van der Waals surface area (Å²) in [5, 5.41) is 7.01. The van der Waals surface area contributed by atoms with Crippen LogP contribution in [0.1, 0.15) is 11.3 Å². The van der Waals surface area contributed by atoms with Crippen LogP contribution in [0.15, 0.2) is 12.1 Å². The molecule has 2 N–H and O–H groups in total. The molecule has 0 saturated carbocycles. The van der Waals surface area contributed by atoms with Crippen molar-refractivity contribution < 1.29 is 0 Å². The molecule has 1 aliphatic heterocycles. The van der Waals surface area contributed by atoms with Gasteiger partial charge in [0, 0.05) is 35.5 Å². The molecule has 2 nitrogen and oxygen atoms in total. The highest BCUT2D eigenvalue weighted by molar-refractivity contribution is 7.99. The first-order chi connectivity index (χ1) is 7.84. The van der Waals surface area contributed by atoms with Crippen molar-refractivity contribution in [1.29, 1.82) is 0 Å². The van der Waals surface area contributed by atoms with Crippen molar-refractivity contribution >= 4 is 34.7 Å². The van der Waals surface area contributed by atoms with Crippen LogP contribution in [0.2, 0.25) is 4.34 Å². The molecule has 0 aromatic carbocycles. The zero-order valence-corrected chi connectivity index (χ0v) is 11.6. The fourth-order valence-corrected chi connectivity index (χ4v) is 3.79. The van der Waals surface area contributed by atoms with E-state index in [2.05, 4.69) is 28.5 Å². The maximum absolute atomic E-state index is 5.87. The Bertz CT molecular complexity index is 311. The van der Waals surface area contributed by atoms with Crippen molar-refractivity contribution in [3.63, 3.8) is 0 Å². The maximum atomic E-state index is 5.87. The molecular formula is C11H17ClN2S2. The topological polar surface area (TPSA) is 24.1 Å². The molecule has 1 aromatic rings. The second-order valence-electron chi connectivity index (χ2n) is 3.90. The van der Waals surface area contributed by atoms with Gasteiger partial charge in [-0.15, -0.1) is 11.3 Å². The highest BCUT2D eigenvalue weighted by Crippen LogP contribution is 2.20. The van der Waals surface area contributed by atoms with E-state index in [9.17, 15) is 0 Å². The number of thioether (sulfide) groups is 1. The lowest BCUT2D eigenvalue weighted by Gasteiger charge is -2.23. The van der Waals surface area contributed by atoms with Gasteiger partial charge < -0.3 is 10.6 Å². The van der Waals surface area contributed by atoms with Gasteiger partial charge in [0.15, 0.2) is 0 Å². The third kappa shape index (κ3) is 4.26. The first kappa shape index (κ1) is 12.7. The standard InChI is InChI=1S/C11H17ClN2S2/c12-11-2-1-10(16-11)7-13-4-3-9-8-15-6-5-14-9/h1-2,9,13-14H,3-8H2. The van der Waals surface area contributed by atoms with E-state index in [4.69, 9.17) is 11.6 Å². The summed E-state index contributed by atoms with van der Waals surface area (Å²) < 4.78 is 0.877. The van der Waals surface area contributed by atoms with Gasteiger partial charge in [0.1, 0.15) is 0 Å². The molecule has 5 heteroatoms. The second-order valence-corrected chi connectivity index (χ2v) is 6.85. The van der Waals surface area contributed by atoms with E-state index in [1.807, 2.05) is 6.07 Å². The van der Waals surface area contributed by atoms with Crippen LogP contribution in [0, 0.1) is 0 Å². The summed E-state index contributed by atoms with van der Waals surface area (Å²) in [5.41, 5.74) is 0. The van der Waals surface area contributed by atoms with E-state index in [0.717, 1.165) is 24.0 Å². The van der Waals surface area contributed by atoms with Crippen molar-refractivity contribution in [2.24, 2.45) is 0 Å². The molecule has 1 unspecified atom stereocenters. The van der Waals surface area contributed by atoms with Crippen molar-refractivity contribution in [3.8, 4) is 0 Å². The van der Waals surface area contributed by atoms with Crippen molar-refractivity contribution in [2.45, 2.75) is 19.0 Å². The first-order valence-corrected chi connectivity index (χ1v) is 7.95. The lowest BCUT2D eigenvalue weighted by Crippen LogP contribution is -2.39. The Morgan fingerprint density at radius 2 is 2.44 bits per heavy atom. The quantitative estimate of drug-likeness (QED) is 0.809. The summed E-state index contributed by atoms with van der Waals surface area (Å²) in [5.74, 6) is 2.52. The SMILES string of the molecule is Clc1ccc(CNCCC2CSCCN2)s1. The number of halogens is 1. The lowest BCUT2D eigenvalue weighted by atomic mass is 10.2. The number of hydrogen-bond donors (Lipinski definition) is 2. The summed E-state index contributed by atoms with van der Waals surface area (Å²) in [6, 6.07) is 4.75. The smallest absolute Gasteiger partial charge is 0.0931 e. The minimum Gasteiger partial charge on any atom is -0.312 e. The van der Waals surface area contributed by atoms with Gasteiger partial charge in [0.2, 0.25) is 0 Å². The molecule has 1 aliphatic rings. The average Bonchev–Trinajstić information content (AvgIpc) is 2.72. The molecule has 1 aromatic heterocycles. The Balaban J connectivity index is 1.57. The monoisotopic (exact) mass is 276 g/mol. The molecule has 90 valence electrons. The molecule has 1 fully saturated rings. The molecule has 0 spiro atoms. The van der Waals surface area contributed by atoms with Gasteiger partial charge in [0.05, 0.1) is 4.34 Å². The van der Waals surface area contributed by atoms with Crippen molar-refractivity contribution in [3.05, 3.63) is 21.3 Å². The van der Waals surface area contributed by atoms with Crippen molar-refractivity contribution in [1.82, 2.24) is 10.6 Å². The van der Waals surface area contributed by atoms with Gasteiger partial charge >= 0.3 is 0 Å². The van der Waals surface area contributed by atoms with E-state index in [1.54, 1.807) is 11.3 Å². The Labute approximate surface area is 110 Å². The molecule has 2 heterocycles. The highest BCUT2D eigenvalue weighted by atomic mass is 35.5. The summed E-state index contributed by atoms with van der Waals surface area (Å²) in [6.07, 6.45) is 1.21. The van der Waals surface area contributed by atoms with Crippen LogP contribution in [0.4, 0.5) is 0 Å². The zero-order valence-electron chi connectivity index (χ0n) is 9.17.